The summed E-state index contributed by atoms with van der Waals surface area (Å²) in [5.41, 5.74) is 0. The van der Waals surface area contributed by atoms with Crippen molar-refractivity contribution >= 4 is 39.8 Å². The largest absolute Gasteiger partial charge is 0.463 e. The summed E-state index contributed by atoms with van der Waals surface area (Å²) in [5.74, 6) is -2.26. The summed E-state index contributed by atoms with van der Waals surface area (Å²) < 4.78 is 28.4. The SMILES string of the molecule is CC(=O)OC[C@H]1O[C@@H](n2ncnc2CBr)[C@@H](OC(C)=O)[C@@H](OC(C)=O)[C@H]1OC(C)=O. The van der Waals surface area contributed by atoms with E-state index in [1.54, 1.807) is 0 Å². The zero-order chi connectivity index (χ0) is 22.4. The van der Waals surface area contributed by atoms with Crippen LogP contribution in [-0.2, 0) is 48.2 Å². The van der Waals surface area contributed by atoms with Crippen LogP contribution >= 0.6 is 15.9 Å². The monoisotopic (exact) mass is 491 g/mol. The van der Waals surface area contributed by atoms with Gasteiger partial charge in [0.2, 0.25) is 0 Å². The molecule has 2 rings (SSSR count). The van der Waals surface area contributed by atoms with Crippen molar-refractivity contribution in [1.82, 2.24) is 14.8 Å². The van der Waals surface area contributed by atoms with Crippen molar-refractivity contribution in [3.63, 3.8) is 0 Å². The van der Waals surface area contributed by atoms with Gasteiger partial charge in [-0.05, 0) is 0 Å². The summed E-state index contributed by atoms with van der Waals surface area (Å²) in [4.78, 5) is 50.7. The van der Waals surface area contributed by atoms with Crippen LogP contribution < -0.4 is 0 Å². The first kappa shape index (κ1) is 23.7. The van der Waals surface area contributed by atoms with E-state index in [0.29, 0.717) is 11.2 Å². The minimum absolute atomic E-state index is 0.292. The molecule has 5 atom stereocenters. The topological polar surface area (TPSA) is 145 Å². The fourth-order valence-electron chi connectivity index (χ4n) is 2.98. The third kappa shape index (κ3) is 5.98. The number of alkyl halides is 1. The number of nitrogens with zero attached hydrogens (tertiary/aromatic N) is 3. The van der Waals surface area contributed by atoms with E-state index in [1.807, 2.05) is 0 Å². The fraction of sp³-hybridized carbons (Fsp3) is 0.647. The normalized spacial score (nSPS) is 25.8. The molecular weight excluding hydrogens is 470 g/mol. The second-order valence-corrected chi connectivity index (χ2v) is 6.91. The predicted octanol–water partition coefficient (Wildman–Crippen LogP) is 0.429. The maximum absolute atomic E-state index is 11.8. The van der Waals surface area contributed by atoms with Gasteiger partial charge in [0.15, 0.2) is 24.5 Å². The lowest BCUT2D eigenvalue weighted by molar-refractivity contribution is -0.270. The highest BCUT2D eigenvalue weighted by Gasteiger charge is 2.53. The van der Waals surface area contributed by atoms with Gasteiger partial charge in [0.05, 0.1) is 5.33 Å². The van der Waals surface area contributed by atoms with Gasteiger partial charge < -0.3 is 23.7 Å². The summed E-state index contributed by atoms with van der Waals surface area (Å²) in [6.07, 6.45) is -4.61. The first-order valence-corrected chi connectivity index (χ1v) is 10.0. The molecule has 0 N–H and O–H groups in total. The smallest absolute Gasteiger partial charge is 0.303 e. The van der Waals surface area contributed by atoms with Gasteiger partial charge in [0, 0.05) is 27.7 Å². The quantitative estimate of drug-likeness (QED) is 0.297. The standard InChI is InChI=1S/C17H22BrN3O9/c1-8(22)26-6-12-14(27-9(2)23)15(28-10(3)24)16(29-11(4)25)17(30-12)21-13(5-18)19-7-20-21/h7,12,14-17H,5-6H2,1-4H3/t12-,14+,15+,16+,17-/m1/s1. The van der Waals surface area contributed by atoms with Crippen LogP contribution in [0.25, 0.3) is 0 Å². The molecule has 1 aliphatic heterocycles. The van der Waals surface area contributed by atoms with Gasteiger partial charge in [-0.2, -0.15) is 5.10 Å². The highest BCUT2D eigenvalue weighted by atomic mass is 79.9. The minimum atomic E-state index is -1.26. The van der Waals surface area contributed by atoms with Gasteiger partial charge in [0.1, 0.15) is 24.9 Å². The van der Waals surface area contributed by atoms with E-state index < -0.39 is 54.5 Å². The van der Waals surface area contributed by atoms with Crippen molar-refractivity contribution in [3.8, 4) is 0 Å². The molecule has 0 saturated carbocycles. The van der Waals surface area contributed by atoms with Crippen LogP contribution in [0.5, 0.6) is 0 Å². The molecule has 2 heterocycles. The second kappa shape index (κ2) is 10.5. The van der Waals surface area contributed by atoms with E-state index in [9.17, 15) is 19.2 Å². The average Bonchev–Trinajstić information content (AvgIpc) is 3.10. The Morgan fingerprint density at radius 2 is 1.53 bits per heavy atom. The number of rotatable bonds is 7. The van der Waals surface area contributed by atoms with Gasteiger partial charge in [0.25, 0.3) is 0 Å². The number of esters is 4. The molecule has 30 heavy (non-hydrogen) atoms. The number of carbonyl (C=O) groups is 4. The molecule has 1 aliphatic rings. The Labute approximate surface area is 180 Å². The van der Waals surface area contributed by atoms with Crippen LogP contribution in [0.15, 0.2) is 6.33 Å². The molecule has 0 radical (unpaired) electrons. The van der Waals surface area contributed by atoms with Crippen LogP contribution in [0.2, 0.25) is 0 Å². The lowest BCUT2D eigenvalue weighted by Crippen LogP contribution is -2.60. The van der Waals surface area contributed by atoms with Crippen molar-refractivity contribution in [2.45, 2.75) is 63.7 Å². The molecule has 1 aromatic rings. The summed E-state index contributed by atoms with van der Waals surface area (Å²) >= 11 is 3.28. The predicted molar refractivity (Wildman–Crippen MR) is 99.9 cm³/mol. The number of hydrogen-bond acceptors (Lipinski definition) is 11. The molecule has 0 aliphatic carbocycles. The van der Waals surface area contributed by atoms with E-state index in [4.69, 9.17) is 23.7 Å². The number of ether oxygens (including phenoxy) is 5. The summed E-state index contributed by atoms with van der Waals surface area (Å²) in [5, 5.41) is 4.39. The van der Waals surface area contributed by atoms with Crippen molar-refractivity contribution in [3.05, 3.63) is 12.2 Å². The average molecular weight is 492 g/mol. The molecule has 0 bridgehead atoms. The fourth-order valence-corrected chi connectivity index (χ4v) is 3.39. The van der Waals surface area contributed by atoms with E-state index in [-0.39, 0.29) is 6.61 Å². The zero-order valence-corrected chi connectivity index (χ0v) is 18.4. The van der Waals surface area contributed by atoms with Gasteiger partial charge >= 0.3 is 23.9 Å². The molecule has 0 amide bonds. The molecular formula is C17H22BrN3O9. The van der Waals surface area contributed by atoms with Gasteiger partial charge in [-0.15, -0.1) is 0 Å². The van der Waals surface area contributed by atoms with Gasteiger partial charge in [-0.25, -0.2) is 9.67 Å². The molecule has 0 spiro atoms. The lowest BCUT2D eigenvalue weighted by atomic mass is 9.97. The molecule has 1 fully saturated rings. The third-order valence-electron chi connectivity index (χ3n) is 3.97. The highest BCUT2D eigenvalue weighted by molar-refractivity contribution is 9.08. The maximum atomic E-state index is 11.8. The molecule has 1 aromatic heterocycles. The molecule has 0 aromatic carbocycles. The number of aromatic nitrogens is 3. The number of halogens is 1. The Morgan fingerprint density at radius 3 is 2.07 bits per heavy atom. The van der Waals surface area contributed by atoms with Crippen molar-refractivity contribution in [2.24, 2.45) is 0 Å². The van der Waals surface area contributed by atoms with Crippen LogP contribution in [-0.4, -0.2) is 69.7 Å². The zero-order valence-electron chi connectivity index (χ0n) is 16.8. The molecule has 12 nitrogen and oxygen atoms in total. The van der Waals surface area contributed by atoms with Crippen molar-refractivity contribution < 1.29 is 42.9 Å². The van der Waals surface area contributed by atoms with Crippen LogP contribution in [0, 0.1) is 0 Å². The Morgan fingerprint density at radius 1 is 0.967 bits per heavy atom. The van der Waals surface area contributed by atoms with E-state index in [2.05, 4.69) is 26.0 Å². The number of hydrogen-bond donors (Lipinski definition) is 0. The Kier molecular flexibility index (Phi) is 8.29. The van der Waals surface area contributed by atoms with Crippen LogP contribution in [0.3, 0.4) is 0 Å². The van der Waals surface area contributed by atoms with Crippen LogP contribution in [0.4, 0.5) is 0 Å². The lowest BCUT2D eigenvalue weighted by Gasteiger charge is -2.44. The first-order chi connectivity index (χ1) is 14.1. The van der Waals surface area contributed by atoms with E-state index >= 15 is 0 Å². The molecule has 166 valence electrons. The van der Waals surface area contributed by atoms with Crippen molar-refractivity contribution in [1.29, 1.82) is 0 Å². The third-order valence-corrected chi connectivity index (χ3v) is 4.48. The van der Waals surface area contributed by atoms with Gasteiger partial charge in [-0.3, -0.25) is 19.2 Å². The Hall–Kier alpha value is -2.54. The summed E-state index contributed by atoms with van der Waals surface area (Å²) in [6, 6.07) is 0. The highest BCUT2D eigenvalue weighted by Crippen LogP contribution is 2.35. The van der Waals surface area contributed by atoms with Crippen molar-refractivity contribution in [2.75, 3.05) is 6.61 Å². The molecule has 13 heteroatoms. The number of carbonyl (C=O) groups excluding carboxylic acids is 4. The maximum Gasteiger partial charge on any atom is 0.303 e. The molecule has 1 saturated heterocycles. The second-order valence-electron chi connectivity index (χ2n) is 6.34. The Bertz CT molecular complexity index is 799. The minimum Gasteiger partial charge on any atom is -0.463 e. The summed E-state index contributed by atoms with van der Waals surface area (Å²) in [7, 11) is 0. The van der Waals surface area contributed by atoms with E-state index in [1.165, 1.54) is 24.9 Å². The summed E-state index contributed by atoms with van der Waals surface area (Å²) in [6.45, 7) is 4.36. The molecule has 0 unspecified atom stereocenters. The van der Waals surface area contributed by atoms with Gasteiger partial charge in [-0.1, -0.05) is 15.9 Å². The Balaban J connectivity index is 2.53. The van der Waals surface area contributed by atoms with E-state index in [0.717, 1.165) is 13.8 Å². The van der Waals surface area contributed by atoms with Crippen LogP contribution in [0.1, 0.15) is 39.7 Å². The first-order valence-electron chi connectivity index (χ1n) is 8.88.